The van der Waals surface area contributed by atoms with Gasteiger partial charge < -0.3 is 4.98 Å². The third kappa shape index (κ3) is 2.57. The van der Waals surface area contributed by atoms with Gasteiger partial charge in [-0.3, -0.25) is 9.88 Å². The molecule has 2 aromatic heterocycles. The van der Waals surface area contributed by atoms with Crippen LogP contribution in [-0.4, -0.2) is 34.7 Å². The second kappa shape index (κ2) is 6.39. The first-order valence-electron chi connectivity index (χ1n) is 9.97. The minimum absolute atomic E-state index is 0.151. The Bertz CT molecular complexity index is 952. The van der Waals surface area contributed by atoms with Gasteiger partial charge in [-0.25, -0.2) is 0 Å². The van der Waals surface area contributed by atoms with Gasteiger partial charge in [-0.15, -0.1) is 11.8 Å². The maximum absolute atomic E-state index is 4.38. The predicted octanol–water partition coefficient (Wildman–Crippen LogP) is 5.08. The summed E-state index contributed by atoms with van der Waals surface area (Å²) in [4.78, 5) is 10.6. The summed E-state index contributed by atoms with van der Waals surface area (Å²) >= 11 is 2.18. The number of nitrogens with one attached hydrogen (secondary N) is 1. The molecule has 3 nitrogen and oxygen atoms in total. The summed E-state index contributed by atoms with van der Waals surface area (Å²) < 4.78 is 0.237. The van der Waals surface area contributed by atoms with Crippen molar-refractivity contribution in [2.75, 3.05) is 19.8 Å². The molecule has 0 bridgehead atoms. The maximum atomic E-state index is 4.38. The van der Waals surface area contributed by atoms with E-state index in [1.54, 1.807) is 0 Å². The molecular weight excluding hydrogens is 350 g/mol. The van der Waals surface area contributed by atoms with Crippen molar-refractivity contribution in [3.8, 4) is 0 Å². The first kappa shape index (κ1) is 17.3. The Morgan fingerprint density at radius 1 is 1.04 bits per heavy atom. The van der Waals surface area contributed by atoms with Crippen molar-refractivity contribution in [2.45, 2.75) is 42.4 Å². The molecule has 2 aliphatic rings. The zero-order valence-electron chi connectivity index (χ0n) is 16.2. The van der Waals surface area contributed by atoms with Crippen LogP contribution in [0.15, 0.2) is 48.8 Å². The Labute approximate surface area is 165 Å². The van der Waals surface area contributed by atoms with Crippen molar-refractivity contribution in [3.63, 3.8) is 0 Å². The van der Waals surface area contributed by atoms with Crippen LogP contribution >= 0.6 is 11.8 Å². The molecule has 1 aromatic carbocycles. The Balaban J connectivity index is 1.53. The summed E-state index contributed by atoms with van der Waals surface area (Å²) in [5.41, 5.74) is 5.88. The van der Waals surface area contributed by atoms with E-state index in [2.05, 4.69) is 77.1 Å². The largest absolute Gasteiger partial charge is 0.357 e. The van der Waals surface area contributed by atoms with E-state index in [0.717, 1.165) is 6.42 Å². The smallest absolute Gasteiger partial charge is 0.0563 e. The number of aromatic amines is 1. The molecule has 1 N–H and O–H groups in total. The van der Waals surface area contributed by atoms with E-state index in [1.807, 2.05) is 12.4 Å². The van der Waals surface area contributed by atoms with E-state index in [4.69, 9.17) is 0 Å². The summed E-state index contributed by atoms with van der Waals surface area (Å²) in [6.45, 7) is 0. The lowest BCUT2D eigenvalue weighted by Crippen LogP contribution is -2.48. The summed E-state index contributed by atoms with van der Waals surface area (Å²) in [7, 11) is 4.50. The van der Waals surface area contributed by atoms with Gasteiger partial charge in [0.15, 0.2) is 0 Å². The molecule has 3 heterocycles. The summed E-state index contributed by atoms with van der Waals surface area (Å²) in [6, 6.07) is 13.2. The monoisotopic (exact) mass is 377 g/mol. The van der Waals surface area contributed by atoms with Gasteiger partial charge in [0.2, 0.25) is 0 Å². The number of rotatable bonds is 2. The molecule has 0 unspecified atom stereocenters. The number of benzene rings is 1. The predicted molar refractivity (Wildman–Crippen MR) is 114 cm³/mol. The van der Waals surface area contributed by atoms with Gasteiger partial charge in [-0.2, -0.15) is 0 Å². The minimum atomic E-state index is 0.151. The number of pyridine rings is 1. The Kier molecular flexibility index (Phi) is 4.10. The molecule has 1 fully saturated rings. The lowest BCUT2D eigenvalue weighted by molar-refractivity contribution is 0.0839. The number of hydrogen-bond donors (Lipinski definition) is 1. The van der Waals surface area contributed by atoms with E-state index in [0.29, 0.717) is 0 Å². The fraction of sp³-hybridized carbons (Fsp3) is 0.435. The molecule has 1 aliphatic carbocycles. The zero-order chi connectivity index (χ0) is 18.5. The molecular formula is C23H27N3S. The number of thioether (sulfide) groups is 1. The average Bonchev–Trinajstić information content (AvgIpc) is 3.10. The van der Waals surface area contributed by atoms with Crippen LogP contribution in [0.3, 0.4) is 0 Å². The van der Waals surface area contributed by atoms with Crippen LogP contribution in [0.5, 0.6) is 0 Å². The summed E-state index contributed by atoms with van der Waals surface area (Å²) in [6.07, 6.45) is 9.94. The highest BCUT2D eigenvalue weighted by Crippen LogP contribution is 2.57. The highest BCUT2D eigenvalue weighted by molar-refractivity contribution is 8.00. The van der Waals surface area contributed by atoms with E-state index >= 15 is 0 Å². The van der Waals surface area contributed by atoms with E-state index in [-0.39, 0.29) is 10.3 Å². The molecule has 3 aromatic rings. The summed E-state index contributed by atoms with van der Waals surface area (Å²) in [5.74, 6) is 1.22. The molecule has 1 saturated carbocycles. The van der Waals surface area contributed by atoms with Crippen LogP contribution in [0.4, 0.5) is 0 Å². The van der Waals surface area contributed by atoms with E-state index < -0.39 is 0 Å². The first-order chi connectivity index (χ1) is 13.1. The highest BCUT2D eigenvalue weighted by atomic mass is 32.2. The Morgan fingerprint density at radius 3 is 2.56 bits per heavy atom. The van der Waals surface area contributed by atoms with Crippen LogP contribution in [-0.2, 0) is 16.7 Å². The van der Waals surface area contributed by atoms with Crippen molar-refractivity contribution in [2.24, 2.45) is 0 Å². The molecule has 1 aliphatic heterocycles. The molecule has 140 valence electrons. The number of H-pyrrole nitrogens is 1. The zero-order valence-corrected chi connectivity index (χ0v) is 17.0. The van der Waals surface area contributed by atoms with E-state index in [1.165, 1.54) is 59.2 Å². The molecule has 0 radical (unpaired) electrons. The average molecular weight is 378 g/mol. The molecule has 5 rings (SSSR count). The first-order valence-corrected chi connectivity index (χ1v) is 11.0. The van der Waals surface area contributed by atoms with Gasteiger partial charge >= 0.3 is 0 Å². The topological polar surface area (TPSA) is 31.9 Å². The number of fused-ring (bicyclic) bond motifs is 4. The van der Waals surface area contributed by atoms with Gasteiger partial charge in [0.25, 0.3) is 0 Å². The van der Waals surface area contributed by atoms with Gasteiger partial charge in [-0.1, -0.05) is 30.3 Å². The molecule has 0 saturated heterocycles. The lowest BCUT2D eigenvalue weighted by Gasteiger charge is -2.50. The molecule has 0 amide bonds. The van der Waals surface area contributed by atoms with Gasteiger partial charge in [-0.05, 0) is 69.1 Å². The minimum Gasteiger partial charge on any atom is -0.357 e. The molecule has 1 spiro atoms. The standard InChI is InChI=1S/C23H27N3S/c1-26(2)22(17-6-4-3-5-7-17)10-12-23(13-11-22)21-18(9-15-27-23)19-16-24-14-8-20(19)25-21/h3-8,14,16,25H,9-13,15H2,1-2H3. The number of aryl methyl sites for hydroxylation is 1. The van der Waals surface area contributed by atoms with E-state index in [9.17, 15) is 0 Å². The van der Waals surface area contributed by atoms with Crippen LogP contribution in [0.25, 0.3) is 10.9 Å². The van der Waals surface area contributed by atoms with Crippen LogP contribution < -0.4 is 0 Å². The highest BCUT2D eigenvalue weighted by Gasteiger charge is 2.48. The van der Waals surface area contributed by atoms with Crippen LogP contribution in [0, 0.1) is 0 Å². The fourth-order valence-corrected chi connectivity index (χ4v) is 6.87. The second-order valence-corrected chi connectivity index (χ2v) is 9.76. The van der Waals surface area contributed by atoms with Gasteiger partial charge in [0.1, 0.15) is 0 Å². The number of hydrogen-bond acceptors (Lipinski definition) is 3. The Morgan fingerprint density at radius 2 is 1.81 bits per heavy atom. The molecule has 0 atom stereocenters. The SMILES string of the molecule is CN(C)C1(c2ccccc2)CCC2(CC1)SCCc1c2[nH]c2ccncc12. The normalized spacial score (nSPS) is 28.0. The third-order valence-electron chi connectivity index (χ3n) is 6.95. The van der Waals surface area contributed by atoms with Crippen molar-refractivity contribution in [3.05, 3.63) is 65.6 Å². The van der Waals surface area contributed by atoms with Gasteiger partial charge in [0.05, 0.1) is 4.75 Å². The lowest BCUT2D eigenvalue weighted by atomic mass is 9.70. The van der Waals surface area contributed by atoms with Crippen molar-refractivity contribution >= 4 is 22.7 Å². The molecule has 27 heavy (non-hydrogen) atoms. The van der Waals surface area contributed by atoms with Crippen LogP contribution in [0.2, 0.25) is 0 Å². The van der Waals surface area contributed by atoms with Crippen LogP contribution in [0.1, 0.15) is 42.5 Å². The fourth-order valence-electron chi connectivity index (χ4n) is 5.36. The molecule has 4 heteroatoms. The summed E-state index contributed by atoms with van der Waals surface area (Å²) in [5, 5.41) is 1.33. The van der Waals surface area contributed by atoms with Gasteiger partial charge in [0, 0.05) is 34.5 Å². The maximum Gasteiger partial charge on any atom is 0.0563 e. The second-order valence-electron chi connectivity index (χ2n) is 8.28. The number of aromatic nitrogens is 2. The van der Waals surface area contributed by atoms with Crippen molar-refractivity contribution in [1.82, 2.24) is 14.9 Å². The Hall–Kier alpha value is -1.78. The third-order valence-corrected chi connectivity index (χ3v) is 8.52. The van der Waals surface area contributed by atoms with Crippen molar-refractivity contribution < 1.29 is 0 Å². The number of nitrogens with zero attached hydrogens (tertiary/aromatic N) is 2. The quantitative estimate of drug-likeness (QED) is 0.676. The van der Waals surface area contributed by atoms with Crippen molar-refractivity contribution in [1.29, 1.82) is 0 Å².